The molecular formula is C17H14F2N2O3S. The van der Waals surface area contributed by atoms with Crippen molar-refractivity contribution in [2.24, 2.45) is 0 Å². The van der Waals surface area contributed by atoms with Crippen molar-refractivity contribution in [2.45, 2.75) is 5.37 Å². The van der Waals surface area contributed by atoms with Gasteiger partial charge in [-0.15, -0.1) is 11.8 Å². The van der Waals surface area contributed by atoms with E-state index < -0.39 is 11.6 Å². The van der Waals surface area contributed by atoms with Gasteiger partial charge in [-0.1, -0.05) is 6.07 Å². The second-order valence-electron chi connectivity index (χ2n) is 5.59. The summed E-state index contributed by atoms with van der Waals surface area (Å²) in [5, 5.41) is 2.43. The van der Waals surface area contributed by atoms with Gasteiger partial charge in [-0.25, -0.2) is 13.6 Å². The largest absolute Gasteiger partial charge is 0.454 e. The zero-order chi connectivity index (χ0) is 17.4. The summed E-state index contributed by atoms with van der Waals surface area (Å²) < 4.78 is 37.0. The van der Waals surface area contributed by atoms with Crippen molar-refractivity contribution in [2.75, 3.05) is 24.4 Å². The van der Waals surface area contributed by atoms with E-state index in [4.69, 9.17) is 9.47 Å². The van der Waals surface area contributed by atoms with Gasteiger partial charge in [0.2, 0.25) is 6.79 Å². The van der Waals surface area contributed by atoms with E-state index in [1.165, 1.54) is 6.07 Å². The van der Waals surface area contributed by atoms with Crippen molar-refractivity contribution in [3.8, 4) is 11.5 Å². The third-order valence-electron chi connectivity index (χ3n) is 4.00. The normalized spacial score (nSPS) is 18.5. The lowest BCUT2D eigenvalue weighted by Gasteiger charge is -2.24. The van der Waals surface area contributed by atoms with Crippen molar-refractivity contribution in [1.29, 1.82) is 0 Å². The Kier molecular flexibility index (Phi) is 4.12. The van der Waals surface area contributed by atoms with Gasteiger partial charge in [0.15, 0.2) is 23.1 Å². The van der Waals surface area contributed by atoms with Crippen LogP contribution in [0.1, 0.15) is 10.9 Å². The Morgan fingerprint density at radius 3 is 2.80 bits per heavy atom. The number of hydrogen-bond acceptors (Lipinski definition) is 4. The van der Waals surface area contributed by atoms with E-state index in [-0.39, 0.29) is 23.9 Å². The van der Waals surface area contributed by atoms with Crippen LogP contribution in [0.4, 0.5) is 19.3 Å². The summed E-state index contributed by atoms with van der Waals surface area (Å²) in [7, 11) is 0. The van der Waals surface area contributed by atoms with E-state index in [2.05, 4.69) is 5.32 Å². The molecule has 130 valence electrons. The van der Waals surface area contributed by atoms with Gasteiger partial charge in [0.1, 0.15) is 5.37 Å². The van der Waals surface area contributed by atoms with E-state index in [1.807, 2.05) is 18.2 Å². The molecule has 1 saturated heterocycles. The number of fused-ring (bicyclic) bond motifs is 1. The molecule has 25 heavy (non-hydrogen) atoms. The highest BCUT2D eigenvalue weighted by Crippen LogP contribution is 2.42. The Bertz CT molecular complexity index is 834. The molecule has 2 heterocycles. The molecule has 0 radical (unpaired) electrons. The van der Waals surface area contributed by atoms with E-state index >= 15 is 0 Å². The lowest BCUT2D eigenvalue weighted by Crippen LogP contribution is -2.34. The van der Waals surface area contributed by atoms with Crippen LogP contribution >= 0.6 is 11.8 Å². The zero-order valence-corrected chi connectivity index (χ0v) is 13.8. The summed E-state index contributed by atoms with van der Waals surface area (Å²) in [6.45, 7) is 0.746. The van der Waals surface area contributed by atoms with E-state index in [0.717, 1.165) is 23.4 Å². The van der Waals surface area contributed by atoms with Gasteiger partial charge in [0, 0.05) is 24.1 Å². The molecule has 1 fully saturated rings. The predicted octanol–water partition coefficient (Wildman–Crippen LogP) is 3.97. The van der Waals surface area contributed by atoms with Crippen molar-refractivity contribution in [3.63, 3.8) is 0 Å². The van der Waals surface area contributed by atoms with Crippen LogP contribution in [0.2, 0.25) is 0 Å². The number of benzene rings is 2. The van der Waals surface area contributed by atoms with Gasteiger partial charge in [0.25, 0.3) is 0 Å². The molecule has 1 atom stereocenters. The van der Waals surface area contributed by atoms with E-state index in [1.54, 1.807) is 16.7 Å². The fourth-order valence-corrected chi connectivity index (χ4v) is 4.04. The monoisotopic (exact) mass is 364 g/mol. The Morgan fingerprint density at radius 2 is 1.96 bits per heavy atom. The number of anilines is 1. The minimum absolute atomic E-state index is 0.181. The molecule has 2 aliphatic heterocycles. The van der Waals surface area contributed by atoms with Crippen molar-refractivity contribution in [3.05, 3.63) is 53.6 Å². The maximum atomic E-state index is 13.3. The minimum Gasteiger partial charge on any atom is -0.454 e. The van der Waals surface area contributed by atoms with Crippen LogP contribution in [0.5, 0.6) is 11.5 Å². The molecule has 2 aromatic carbocycles. The number of halogens is 2. The van der Waals surface area contributed by atoms with Gasteiger partial charge in [-0.3, -0.25) is 0 Å². The van der Waals surface area contributed by atoms with Gasteiger partial charge >= 0.3 is 6.03 Å². The van der Waals surface area contributed by atoms with Crippen LogP contribution in [0.15, 0.2) is 36.4 Å². The van der Waals surface area contributed by atoms with Crippen molar-refractivity contribution >= 4 is 23.5 Å². The van der Waals surface area contributed by atoms with Crippen LogP contribution in [0.25, 0.3) is 0 Å². The van der Waals surface area contributed by atoms with Crippen LogP contribution < -0.4 is 14.8 Å². The summed E-state index contributed by atoms with van der Waals surface area (Å²) >= 11 is 1.63. The number of hydrogen-bond donors (Lipinski definition) is 1. The van der Waals surface area contributed by atoms with Crippen LogP contribution in [-0.2, 0) is 0 Å². The first-order chi connectivity index (χ1) is 12.1. The fraction of sp³-hybridized carbons (Fsp3) is 0.235. The van der Waals surface area contributed by atoms with Crippen LogP contribution in [0, 0.1) is 11.6 Å². The molecule has 0 aromatic heterocycles. The standard InChI is InChI=1S/C17H14F2N2O3S/c18-12-3-2-11(8-13(12)19)20-17(22)21-5-6-25-16(21)10-1-4-14-15(7-10)24-9-23-14/h1-4,7-8,16H,5-6,9H2,(H,20,22)/t16-/m0/s1. The Balaban J connectivity index is 1.52. The summed E-state index contributed by atoms with van der Waals surface area (Å²) in [5.74, 6) is 0.175. The molecule has 0 saturated carbocycles. The van der Waals surface area contributed by atoms with Crippen LogP contribution in [0.3, 0.4) is 0 Å². The topological polar surface area (TPSA) is 50.8 Å². The maximum Gasteiger partial charge on any atom is 0.323 e. The number of carbonyl (C=O) groups is 1. The number of urea groups is 1. The molecule has 2 aliphatic rings. The van der Waals surface area contributed by atoms with Crippen molar-refractivity contribution in [1.82, 2.24) is 4.90 Å². The number of rotatable bonds is 2. The highest BCUT2D eigenvalue weighted by molar-refractivity contribution is 7.99. The Labute approximate surface area is 146 Å². The third-order valence-corrected chi connectivity index (χ3v) is 5.27. The Morgan fingerprint density at radius 1 is 1.12 bits per heavy atom. The molecule has 0 spiro atoms. The molecule has 0 unspecified atom stereocenters. The first kappa shape index (κ1) is 16.0. The van der Waals surface area contributed by atoms with Gasteiger partial charge < -0.3 is 19.7 Å². The van der Waals surface area contributed by atoms with Crippen molar-refractivity contribution < 1.29 is 23.0 Å². The summed E-state index contributed by atoms with van der Waals surface area (Å²) in [5.41, 5.74) is 1.14. The second-order valence-corrected chi connectivity index (χ2v) is 6.78. The Hall–Kier alpha value is -2.48. The lowest BCUT2D eigenvalue weighted by atomic mass is 10.2. The molecule has 5 nitrogen and oxygen atoms in total. The molecule has 2 amide bonds. The smallest absolute Gasteiger partial charge is 0.323 e. The summed E-state index contributed by atoms with van der Waals surface area (Å²) in [6, 6.07) is 8.50. The maximum absolute atomic E-state index is 13.3. The molecule has 0 aliphatic carbocycles. The van der Waals surface area contributed by atoms with Gasteiger partial charge in [0.05, 0.1) is 0 Å². The summed E-state index contributed by atoms with van der Waals surface area (Å²) in [4.78, 5) is 14.2. The second kappa shape index (κ2) is 6.44. The molecule has 2 aromatic rings. The van der Waals surface area contributed by atoms with Gasteiger partial charge in [-0.05, 0) is 29.8 Å². The van der Waals surface area contributed by atoms with Gasteiger partial charge in [-0.2, -0.15) is 0 Å². The first-order valence-electron chi connectivity index (χ1n) is 7.65. The fourth-order valence-electron chi connectivity index (χ4n) is 2.79. The highest BCUT2D eigenvalue weighted by Gasteiger charge is 2.32. The summed E-state index contributed by atoms with van der Waals surface area (Å²) in [6.07, 6.45) is 0. The third kappa shape index (κ3) is 3.09. The zero-order valence-electron chi connectivity index (χ0n) is 13.0. The SMILES string of the molecule is O=C(Nc1ccc(F)c(F)c1)N1CCS[C@H]1c1ccc2c(c1)OCO2. The first-order valence-corrected chi connectivity index (χ1v) is 8.70. The number of carbonyl (C=O) groups excluding carboxylic acids is 1. The predicted molar refractivity (Wildman–Crippen MR) is 89.8 cm³/mol. The minimum atomic E-state index is -0.999. The number of amides is 2. The number of thioether (sulfide) groups is 1. The van der Waals surface area contributed by atoms with E-state index in [9.17, 15) is 13.6 Å². The molecule has 8 heteroatoms. The number of ether oxygens (including phenoxy) is 2. The molecule has 1 N–H and O–H groups in total. The number of nitrogens with one attached hydrogen (secondary N) is 1. The lowest BCUT2D eigenvalue weighted by molar-refractivity contribution is 0.174. The molecular weight excluding hydrogens is 350 g/mol. The number of nitrogens with zero attached hydrogens (tertiary/aromatic N) is 1. The average molecular weight is 364 g/mol. The van der Waals surface area contributed by atoms with E-state index in [0.29, 0.717) is 18.0 Å². The van der Waals surface area contributed by atoms with Crippen LogP contribution in [-0.4, -0.2) is 30.0 Å². The highest BCUT2D eigenvalue weighted by atomic mass is 32.2. The molecule has 4 rings (SSSR count). The quantitative estimate of drug-likeness (QED) is 0.876. The average Bonchev–Trinajstić information content (AvgIpc) is 3.26. The molecule has 0 bridgehead atoms.